The van der Waals surface area contributed by atoms with Crippen molar-refractivity contribution < 1.29 is 9.50 Å². The van der Waals surface area contributed by atoms with Crippen LogP contribution in [0, 0.1) is 5.82 Å². The second-order valence-electron chi connectivity index (χ2n) is 2.99. The van der Waals surface area contributed by atoms with Crippen LogP contribution in [0.25, 0.3) is 6.08 Å². The molecular formula is C11H12BrFO. The molecule has 0 fully saturated rings. The lowest BCUT2D eigenvalue weighted by atomic mass is 10.1. The molecule has 1 rings (SSSR count). The minimum atomic E-state index is -0.274. The Labute approximate surface area is 91.4 Å². The number of aliphatic hydroxyl groups is 1. The first-order valence-corrected chi connectivity index (χ1v) is 5.22. The Morgan fingerprint density at radius 2 is 2.29 bits per heavy atom. The zero-order chi connectivity index (χ0) is 10.6. The predicted octanol–water partition coefficient (Wildman–Crippen LogP) is 3.37. The van der Waals surface area contributed by atoms with E-state index in [-0.39, 0.29) is 12.4 Å². The molecule has 0 heterocycles. The van der Waals surface area contributed by atoms with Crippen LogP contribution in [0.5, 0.6) is 0 Å². The molecule has 0 saturated heterocycles. The molecule has 1 nitrogen and oxygen atoms in total. The maximum Gasteiger partial charge on any atom is 0.137 e. The van der Waals surface area contributed by atoms with Gasteiger partial charge in [0.2, 0.25) is 0 Å². The molecule has 1 N–H and O–H groups in total. The largest absolute Gasteiger partial charge is 0.392 e. The summed E-state index contributed by atoms with van der Waals surface area (Å²) in [5.74, 6) is -0.274. The van der Waals surface area contributed by atoms with Gasteiger partial charge in [-0.15, -0.1) is 0 Å². The molecule has 0 aromatic heterocycles. The second kappa shape index (κ2) is 5.27. The quantitative estimate of drug-likeness (QED) is 0.882. The molecule has 0 unspecified atom stereocenters. The highest BCUT2D eigenvalue weighted by atomic mass is 79.9. The van der Waals surface area contributed by atoms with E-state index in [2.05, 4.69) is 15.9 Å². The Hall–Kier alpha value is -0.670. The van der Waals surface area contributed by atoms with Crippen molar-refractivity contribution in [2.75, 3.05) is 6.61 Å². The van der Waals surface area contributed by atoms with Crippen molar-refractivity contribution in [2.24, 2.45) is 0 Å². The molecule has 0 atom stereocenters. The fourth-order valence-electron chi connectivity index (χ4n) is 1.10. The number of hydrogen-bond acceptors (Lipinski definition) is 1. The summed E-state index contributed by atoms with van der Waals surface area (Å²) in [6, 6.07) is 4.78. The molecule has 0 spiro atoms. The molecule has 3 heteroatoms. The molecule has 14 heavy (non-hydrogen) atoms. The van der Waals surface area contributed by atoms with E-state index in [9.17, 15) is 4.39 Å². The molecule has 1 aromatic rings. The normalized spacial score (nSPS) is 11.9. The van der Waals surface area contributed by atoms with Gasteiger partial charge in [0.05, 0.1) is 11.1 Å². The monoisotopic (exact) mass is 258 g/mol. The standard InChI is InChI=1S/C11H12BrFO/c1-2-8(7-14)5-9-3-4-11(13)10(12)6-9/h3-6,14H,2,7H2,1H3. The van der Waals surface area contributed by atoms with Gasteiger partial charge < -0.3 is 5.11 Å². The zero-order valence-electron chi connectivity index (χ0n) is 7.93. The second-order valence-corrected chi connectivity index (χ2v) is 3.84. The van der Waals surface area contributed by atoms with Gasteiger partial charge in [-0.1, -0.05) is 19.1 Å². The van der Waals surface area contributed by atoms with Gasteiger partial charge in [0.15, 0.2) is 0 Å². The number of halogens is 2. The summed E-state index contributed by atoms with van der Waals surface area (Å²) in [4.78, 5) is 0. The number of hydrogen-bond donors (Lipinski definition) is 1. The fraction of sp³-hybridized carbons (Fsp3) is 0.273. The SMILES string of the molecule is CCC(=Cc1ccc(F)c(Br)c1)CO. The van der Waals surface area contributed by atoms with Crippen LogP contribution in [-0.4, -0.2) is 11.7 Å². The molecule has 0 aliphatic heterocycles. The maximum atomic E-state index is 12.9. The summed E-state index contributed by atoms with van der Waals surface area (Å²) >= 11 is 3.11. The zero-order valence-corrected chi connectivity index (χ0v) is 9.51. The summed E-state index contributed by atoms with van der Waals surface area (Å²) in [7, 11) is 0. The van der Waals surface area contributed by atoms with Gasteiger partial charge in [-0.25, -0.2) is 4.39 Å². The molecule has 0 bridgehead atoms. The Bertz CT molecular complexity index is 341. The summed E-state index contributed by atoms with van der Waals surface area (Å²) in [5, 5.41) is 8.96. The molecule has 76 valence electrons. The summed E-state index contributed by atoms with van der Waals surface area (Å²) in [6.07, 6.45) is 2.66. The molecule has 0 radical (unpaired) electrons. The van der Waals surface area contributed by atoms with Crippen LogP contribution < -0.4 is 0 Å². The van der Waals surface area contributed by atoms with Crippen molar-refractivity contribution in [1.29, 1.82) is 0 Å². The van der Waals surface area contributed by atoms with Crippen molar-refractivity contribution in [2.45, 2.75) is 13.3 Å². The van der Waals surface area contributed by atoms with E-state index in [1.807, 2.05) is 13.0 Å². The minimum Gasteiger partial charge on any atom is -0.392 e. The van der Waals surface area contributed by atoms with Crippen LogP contribution in [0.1, 0.15) is 18.9 Å². The lowest BCUT2D eigenvalue weighted by Gasteiger charge is -2.01. The van der Waals surface area contributed by atoms with Gasteiger partial charge in [-0.3, -0.25) is 0 Å². The van der Waals surface area contributed by atoms with Crippen molar-refractivity contribution >= 4 is 22.0 Å². The van der Waals surface area contributed by atoms with Crippen LogP contribution in [0.3, 0.4) is 0 Å². The van der Waals surface area contributed by atoms with E-state index in [0.29, 0.717) is 4.47 Å². The van der Waals surface area contributed by atoms with E-state index in [0.717, 1.165) is 17.6 Å². The average molecular weight is 259 g/mol. The van der Waals surface area contributed by atoms with Gasteiger partial charge in [0, 0.05) is 0 Å². The Kier molecular flexibility index (Phi) is 4.29. The Morgan fingerprint density at radius 3 is 2.79 bits per heavy atom. The first-order chi connectivity index (χ1) is 6.67. The van der Waals surface area contributed by atoms with Crippen LogP contribution in [0.2, 0.25) is 0 Å². The van der Waals surface area contributed by atoms with Crippen LogP contribution in [0.15, 0.2) is 28.2 Å². The molecule has 0 amide bonds. The summed E-state index contributed by atoms with van der Waals surface area (Å²) in [6.45, 7) is 2.02. The highest BCUT2D eigenvalue weighted by Gasteiger charge is 1.99. The fourth-order valence-corrected chi connectivity index (χ4v) is 1.49. The average Bonchev–Trinajstić information content (AvgIpc) is 2.19. The minimum absolute atomic E-state index is 0.0471. The van der Waals surface area contributed by atoms with Crippen molar-refractivity contribution in [3.63, 3.8) is 0 Å². The van der Waals surface area contributed by atoms with Crippen LogP contribution in [0.4, 0.5) is 4.39 Å². The van der Waals surface area contributed by atoms with Gasteiger partial charge in [0.25, 0.3) is 0 Å². The third-order valence-corrected chi connectivity index (χ3v) is 2.58. The molecule has 0 aliphatic carbocycles. The van der Waals surface area contributed by atoms with Gasteiger partial charge in [-0.2, -0.15) is 0 Å². The number of aliphatic hydroxyl groups excluding tert-OH is 1. The first kappa shape index (κ1) is 11.4. The van der Waals surface area contributed by atoms with Gasteiger partial charge in [-0.05, 0) is 45.6 Å². The van der Waals surface area contributed by atoms with E-state index in [1.54, 1.807) is 12.1 Å². The molecule has 0 aliphatic rings. The van der Waals surface area contributed by atoms with Gasteiger partial charge >= 0.3 is 0 Å². The third kappa shape index (κ3) is 2.93. The number of benzene rings is 1. The lowest BCUT2D eigenvalue weighted by Crippen LogP contribution is -1.88. The predicted molar refractivity (Wildman–Crippen MR) is 59.5 cm³/mol. The van der Waals surface area contributed by atoms with Crippen molar-refractivity contribution in [1.82, 2.24) is 0 Å². The highest BCUT2D eigenvalue weighted by Crippen LogP contribution is 2.19. The van der Waals surface area contributed by atoms with Gasteiger partial charge in [0.1, 0.15) is 5.82 Å². The maximum absolute atomic E-state index is 12.9. The third-order valence-electron chi connectivity index (χ3n) is 1.97. The van der Waals surface area contributed by atoms with E-state index in [1.165, 1.54) is 6.07 Å². The molecule has 1 aromatic carbocycles. The van der Waals surface area contributed by atoms with E-state index < -0.39 is 0 Å². The van der Waals surface area contributed by atoms with Crippen LogP contribution in [-0.2, 0) is 0 Å². The first-order valence-electron chi connectivity index (χ1n) is 4.42. The Morgan fingerprint density at radius 1 is 1.57 bits per heavy atom. The lowest BCUT2D eigenvalue weighted by molar-refractivity contribution is 0.329. The molecule has 0 saturated carbocycles. The van der Waals surface area contributed by atoms with E-state index >= 15 is 0 Å². The van der Waals surface area contributed by atoms with E-state index in [4.69, 9.17) is 5.11 Å². The highest BCUT2D eigenvalue weighted by molar-refractivity contribution is 9.10. The van der Waals surface area contributed by atoms with Crippen molar-refractivity contribution in [3.05, 3.63) is 39.6 Å². The molecular weight excluding hydrogens is 247 g/mol. The Balaban J connectivity index is 2.97. The summed E-state index contributed by atoms with van der Waals surface area (Å²) < 4.78 is 13.3. The topological polar surface area (TPSA) is 20.2 Å². The summed E-state index contributed by atoms with van der Waals surface area (Å²) in [5.41, 5.74) is 1.83. The van der Waals surface area contributed by atoms with Crippen LogP contribution >= 0.6 is 15.9 Å². The number of rotatable bonds is 3. The smallest absolute Gasteiger partial charge is 0.137 e. The van der Waals surface area contributed by atoms with Crippen molar-refractivity contribution in [3.8, 4) is 0 Å².